The Bertz CT molecular complexity index is 1170. The fourth-order valence-corrected chi connectivity index (χ4v) is 4.80. The Labute approximate surface area is 202 Å². The third-order valence-electron chi connectivity index (χ3n) is 6.76. The fraction of sp³-hybridized carbons (Fsp3) is 0.444. The van der Waals surface area contributed by atoms with Crippen molar-refractivity contribution in [1.29, 1.82) is 0 Å². The predicted molar refractivity (Wildman–Crippen MR) is 139 cm³/mol. The molecule has 3 heterocycles. The Hall–Kier alpha value is -3.19. The van der Waals surface area contributed by atoms with E-state index in [1.54, 1.807) is 0 Å². The first-order valence-corrected chi connectivity index (χ1v) is 12.3. The summed E-state index contributed by atoms with van der Waals surface area (Å²) < 4.78 is 6.30. The summed E-state index contributed by atoms with van der Waals surface area (Å²) in [5, 5.41) is 3.40. The molecule has 0 spiro atoms. The Balaban J connectivity index is 1.44. The summed E-state index contributed by atoms with van der Waals surface area (Å²) in [6.07, 6.45) is 7.61. The van der Waals surface area contributed by atoms with E-state index in [2.05, 4.69) is 66.1 Å². The van der Waals surface area contributed by atoms with Crippen molar-refractivity contribution in [3.63, 3.8) is 0 Å². The largest absolute Gasteiger partial charge is 0.424 e. The van der Waals surface area contributed by atoms with Crippen LogP contribution >= 0.6 is 0 Å². The average Bonchev–Trinajstić information content (AvgIpc) is 3.42. The number of ether oxygens (including phenoxy) is 1. The first-order valence-electron chi connectivity index (χ1n) is 12.3. The van der Waals surface area contributed by atoms with Gasteiger partial charge in [-0.15, -0.1) is 0 Å². The Morgan fingerprint density at radius 2 is 1.88 bits per heavy atom. The third-order valence-corrected chi connectivity index (χ3v) is 6.76. The molecular weight excluding hydrogens is 424 g/mol. The van der Waals surface area contributed by atoms with Gasteiger partial charge in [-0.3, -0.25) is 4.99 Å². The molecule has 2 aliphatic heterocycles. The molecule has 7 heteroatoms. The van der Waals surface area contributed by atoms with Crippen molar-refractivity contribution in [2.24, 2.45) is 4.99 Å². The van der Waals surface area contributed by atoms with Gasteiger partial charge in [0.1, 0.15) is 23.2 Å². The number of likely N-dealkylation sites (N-methyl/N-ethyl adjacent to an activating group) is 1. The number of aliphatic imine (C=N–C) groups is 1. The quantitative estimate of drug-likeness (QED) is 0.668. The molecule has 7 nitrogen and oxygen atoms in total. The molecule has 1 aromatic carbocycles. The van der Waals surface area contributed by atoms with E-state index >= 15 is 0 Å². The molecule has 0 unspecified atom stereocenters. The summed E-state index contributed by atoms with van der Waals surface area (Å²) in [6, 6.07) is 6.56. The minimum Gasteiger partial charge on any atom is -0.424 e. The highest BCUT2D eigenvalue weighted by atomic mass is 16.5. The maximum atomic E-state index is 6.30. The number of hydrogen-bond donors (Lipinski definition) is 1. The van der Waals surface area contributed by atoms with E-state index < -0.39 is 0 Å². The zero-order valence-electron chi connectivity index (χ0n) is 20.7. The van der Waals surface area contributed by atoms with E-state index in [1.807, 2.05) is 12.1 Å². The number of anilines is 2. The number of fused-ring (bicyclic) bond motifs is 1. The lowest BCUT2D eigenvalue weighted by molar-refractivity contribution is 0.311. The summed E-state index contributed by atoms with van der Waals surface area (Å²) in [6.45, 7) is 11.1. The summed E-state index contributed by atoms with van der Waals surface area (Å²) in [5.41, 5.74) is 6.47. The van der Waals surface area contributed by atoms with Crippen LogP contribution in [0.5, 0.6) is 11.8 Å². The number of rotatable bonds is 6. The van der Waals surface area contributed by atoms with Crippen molar-refractivity contribution >= 4 is 23.5 Å². The number of nitrogens with one attached hydrogen (secondary N) is 1. The number of benzene rings is 1. The van der Waals surface area contributed by atoms with Gasteiger partial charge in [0.15, 0.2) is 0 Å². The molecule has 1 aromatic heterocycles. The van der Waals surface area contributed by atoms with Crippen LogP contribution in [0.1, 0.15) is 43.4 Å². The van der Waals surface area contributed by atoms with Crippen LogP contribution in [0.2, 0.25) is 0 Å². The molecule has 1 N–H and O–H groups in total. The summed E-state index contributed by atoms with van der Waals surface area (Å²) in [4.78, 5) is 18.8. The molecular formula is C27H34N6O. The molecule has 0 saturated carbocycles. The molecule has 2 aromatic rings. The van der Waals surface area contributed by atoms with Gasteiger partial charge in [-0.2, -0.15) is 9.97 Å². The van der Waals surface area contributed by atoms with Gasteiger partial charge in [0.2, 0.25) is 0 Å². The second kappa shape index (κ2) is 9.58. The van der Waals surface area contributed by atoms with Gasteiger partial charge >= 0.3 is 6.01 Å². The van der Waals surface area contributed by atoms with Crippen LogP contribution in [0.4, 0.5) is 11.6 Å². The van der Waals surface area contributed by atoms with Crippen molar-refractivity contribution in [2.45, 2.75) is 40.0 Å². The van der Waals surface area contributed by atoms with Gasteiger partial charge in [-0.1, -0.05) is 31.1 Å². The van der Waals surface area contributed by atoms with E-state index in [1.165, 1.54) is 22.3 Å². The predicted octanol–water partition coefficient (Wildman–Crippen LogP) is 4.84. The summed E-state index contributed by atoms with van der Waals surface area (Å²) in [5.74, 6) is 3.24. The number of allylic oxidation sites excluding steroid dienone is 1. The lowest BCUT2D eigenvalue weighted by Crippen LogP contribution is -2.44. The summed E-state index contributed by atoms with van der Waals surface area (Å²) in [7, 11) is 2.16. The molecule has 5 rings (SSSR count). The van der Waals surface area contributed by atoms with Gasteiger partial charge in [0, 0.05) is 32.2 Å². The molecule has 3 aliphatic rings. The van der Waals surface area contributed by atoms with E-state index in [9.17, 15) is 0 Å². The first-order chi connectivity index (χ1) is 16.5. The molecule has 0 amide bonds. The molecule has 34 heavy (non-hydrogen) atoms. The van der Waals surface area contributed by atoms with Gasteiger partial charge in [-0.05, 0) is 68.1 Å². The van der Waals surface area contributed by atoms with Gasteiger partial charge in [0.25, 0.3) is 0 Å². The smallest absolute Gasteiger partial charge is 0.325 e. The minimum absolute atomic E-state index is 0.358. The highest BCUT2D eigenvalue weighted by Crippen LogP contribution is 2.35. The van der Waals surface area contributed by atoms with Crippen LogP contribution in [0.15, 0.2) is 40.4 Å². The second-order valence-electron chi connectivity index (χ2n) is 9.59. The van der Waals surface area contributed by atoms with Crippen molar-refractivity contribution in [2.75, 3.05) is 50.0 Å². The number of piperazine rings is 1. The number of amidine groups is 1. The maximum absolute atomic E-state index is 6.30. The summed E-state index contributed by atoms with van der Waals surface area (Å²) >= 11 is 0. The van der Waals surface area contributed by atoms with Crippen LogP contribution in [0.25, 0.3) is 6.08 Å². The zero-order valence-corrected chi connectivity index (χ0v) is 20.7. The van der Waals surface area contributed by atoms with E-state index in [0.717, 1.165) is 75.0 Å². The Morgan fingerprint density at radius 1 is 1.06 bits per heavy atom. The van der Waals surface area contributed by atoms with E-state index in [-0.39, 0.29) is 0 Å². The number of hydrogen-bond acceptors (Lipinski definition) is 7. The van der Waals surface area contributed by atoms with Crippen molar-refractivity contribution in [1.82, 2.24) is 14.9 Å². The standard InChI is InChI=1S/C27H34N6O/c1-5-6-20-15-24(28-17-20)29-25-16-26(33-11-9-32(4)10-12-33)31-27(30-25)34-23-8-7-21-13-18(2)14-22(21)19(23)3/h7-8,14-16H,5-6,9-13,17H2,1-4H3,(H,28,29,30,31). The maximum Gasteiger partial charge on any atom is 0.325 e. The van der Waals surface area contributed by atoms with Gasteiger partial charge in [0.05, 0.1) is 6.54 Å². The molecule has 0 radical (unpaired) electrons. The molecule has 1 saturated heterocycles. The van der Waals surface area contributed by atoms with E-state index in [0.29, 0.717) is 11.8 Å². The Kier molecular flexibility index (Phi) is 6.37. The van der Waals surface area contributed by atoms with E-state index in [4.69, 9.17) is 14.7 Å². The second-order valence-corrected chi connectivity index (χ2v) is 9.59. The molecule has 0 bridgehead atoms. The van der Waals surface area contributed by atoms with Gasteiger partial charge in [-0.25, -0.2) is 0 Å². The Morgan fingerprint density at radius 3 is 2.68 bits per heavy atom. The zero-order chi connectivity index (χ0) is 23.7. The first kappa shape index (κ1) is 22.6. The molecule has 1 aliphatic carbocycles. The third kappa shape index (κ3) is 4.85. The SMILES string of the molecule is CCCC1=CC(Nc2cc(N3CCN(C)CC3)nc(Oc3ccc4c(c3C)C=C(C)C4)n2)=NC1. The minimum atomic E-state index is 0.358. The van der Waals surface area contributed by atoms with Crippen LogP contribution in [-0.2, 0) is 6.42 Å². The van der Waals surface area contributed by atoms with Crippen molar-refractivity contribution in [3.05, 3.63) is 52.1 Å². The number of nitrogens with zero attached hydrogens (tertiary/aromatic N) is 5. The highest BCUT2D eigenvalue weighted by molar-refractivity contribution is 6.05. The number of aromatic nitrogens is 2. The van der Waals surface area contributed by atoms with Crippen molar-refractivity contribution in [3.8, 4) is 11.8 Å². The van der Waals surface area contributed by atoms with Crippen LogP contribution in [-0.4, -0.2) is 60.5 Å². The lowest BCUT2D eigenvalue weighted by atomic mass is 10.0. The lowest BCUT2D eigenvalue weighted by Gasteiger charge is -2.33. The normalized spacial score (nSPS) is 17.9. The highest BCUT2D eigenvalue weighted by Gasteiger charge is 2.20. The monoisotopic (exact) mass is 458 g/mol. The van der Waals surface area contributed by atoms with Gasteiger partial charge < -0.3 is 19.9 Å². The van der Waals surface area contributed by atoms with Crippen LogP contribution in [0, 0.1) is 6.92 Å². The molecule has 178 valence electrons. The average molecular weight is 459 g/mol. The van der Waals surface area contributed by atoms with Crippen molar-refractivity contribution < 1.29 is 4.74 Å². The van der Waals surface area contributed by atoms with Crippen LogP contribution in [0.3, 0.4) is 0 Å². The molecule has 1 fully saturated rings. The topological polar surface area (TPSA) is 65.9 Å². The fourth-order valence-electron chi connectivity index (χ4n) is 4.80. The molecule has 0 atom stereocenters. The van der Waals surface area contributed by atoms with Crippen LogP contribution < -0.4 is 15.0 Å².